The van der Waals surface area contributed by atoms with Crippen LogP contribution in [0.4, 0.5) is 0 Å². The zero-order valence-electron chi connectivity index (χ0n) is 12.5. The highest BCUT2D eigenvalue weighted by Gasteiger charge is 2.14. The van der Waals surface area contributed by atoms with E-state index < -0.39 is 0 Å². The summed E-state index contributed by atoms with van der Waals surface area (Å²) in [5.74, 6) is 2.87. The van der Waals surface area contributed by atoms with Crippen LogP contribution in [0.3, 0.4) is 0 Å². The normalized spacial score (nSPS) is 22.6. The second-order valence-electron chi connectivity index (χ2n) is 6.89. The first kappa shape index (κ1) is 15.1. The van der Waals surface area contributed by atoms with Gasteiger partial charge in [-0.15, -0.1) is 0 Å². The minimum atomic E-state index is 0.879. The third-order valence-electron chi connectivity index (χ3n) is 4.33. The van der Waals surface area contributed by atoms with Crippen molar-refractivity contribution in [3.63, 3.8) is 0 Å². The van der Waals surface area contributed by atoms with Crippen LogP contribution in [0, 0.1) is 17.8 Å². The van der Waals surface area contributed by atoms with E-state index in [1.165, 1.54) is 70.6 Å². The van der Waals surface area contributed by atoms with Gasteiger partial charge in [0.2, 0.25) is 0 Å². The van der Waals surface area contributed by atoms with Crippen LogP contribution in [0.25, 0.3) is 0 Å². The lowest BCUT2D eigenvalue weighted by atomic mass is 9.83. The van der Waals surface area contributed by atoms with Crippen LogP contribution in [0.5, 0.6) is 0 Å². The van der Waals surface area contributed by atoms with Gasteiger partial charge in [-0.25, -0.2) is 0 Å². The molecular formula is C17H34. The topological polar surface area (TPSA) is 0 Å². The molecule has 0 aromatic heterocycles. The van der Waals surface area contributed by atoms with E-state index in [1.54, 1.807) is 0 Å². The lowest BCUT2D eigenvalue weighted by Crippen LogP contribution is -2.09. The van der Waals surface area contributed by atoms with E-state index in [4.69, 9.17) is 0 Å². The van der Waals surface area contributed by atoms with Crippen molar-refractivity contribution in [1.82, 2.24) is 0 Å². The molecule has 0 bridgehead atoms. The SMILES string of the molecule is CC(C)CC(C)CC1CCCCCCCCC1. The molecule has 0 aliphatic heterocycles. The Balaban J connectivity index is 2.26. The Morgan fingerprint density at radius 1 is 0.765 bits per heavy atom. The van der Waals surface area contributed by atoms with E-state index in [1.807, 2.05) is 0 Å². The predicted molar refractivity (Wildman–Crippen MR) is 78.3 cm³/mol. The van der Waals surface area contributed by atoms with Gasteiger partial charge in [-0.1, -0.05) is 78.6 Å². The maximum Gasteiger partial charge on any atom is -0.0412 e. The Hall–Kier alpha value is 0. The van der Waals surface area contributed by atoms with Crippen LogP contribution in [0.1, 0.15) is 91.4 Å². The highest BCUT2D eigenvalue weighted by molar-refractivity contribution is 4.67. The molecule has 0 spiro atoms. The van der Waals surface area contributed by atoms with Crippen molar-refractivity contribution in [2.75, 3.05) is 0 Å². The fourth-order valence-electron chi connectivity index (χ4n) is 3.60. The van der Waals surface area contributed by atoms with E-state index in [-0.39, 0.29) is 0 Å². The van der Waals surface area contributed by atoms with E-state index in [0.717, 1.165) is 17.8 Å². The molecule has 0 heterocycles. The lowest BCUT2D eigenvalue weighted by Gasteiger charge is -2.23. The minimum absolute atomic E-state index is 0.879. The van der Waals surface area contributed by atoms with Crippen LogP contribution in [0.2, 0.25) is 0 Å². The minimum Gasteiger partial charge on any atom is -0.0628 e. The fourth-order valence-corrected chi connectivity index (χ4v) is 3.60. The molecule has 0 nitrogen and oxygen atoms in total. The number of hydrogen-bond acceptors (Lipinski definition) is 0. The third-order valence-corrected chi connectivity index (χ3v) is 4.33. The molecule has 1 unspecified atom stereocenters. The summed E-state index contributed by atoms with van der Waals surface area (Å²) in [4.78, 5) is 0. The molecule has 1 aliphatic rings. The quantitative estimate of drug-likeness (QED) is 0.547. The summed E-state index contributed by atoms with van der Waals surface area (Å²) >= 11 is 0. The summed E-state index contributed by atoms with van der Waals surface area (Å²) < 4.78 is 0. The predicted octanol–water partition coefficient (Wildman–Crippen LogP) is 6.20. The van der Waals surface area contributed by atoms with Gasteiger partial charge in [0.25, 0.3) is 0 Å². The molecule has 17 heavy (non-hydrogen) atoms. The molecule has 0 radical (unpaired) electrons. The highest BCUT2D eigenvalue weighted by Crippen LogP contribution is 2.28. The first-order valence-corrected chi connectivity index (χ1v) is 8.18. The summed E-state index contributed by atoms with van der Waals surface area (Å²) in [6.07, 6.45) is 16.4. The fraction of sp³-hybridized carbons (Fsp3) is 1.00. The average Bonchev–Trinajstić information content (AvgIpc) is 2.26. The van der Waals surface area contributed by atoms with Gasteiger partial charge in [0.15, 0.2) is 0 Å². The molecule has 0 heteroatoms. The summed E-state index contributed by atoms with van der Waals surface area (Å²) in [6, 6.07) is 0. The Kier molecular flexibility index (Phi) is 7.97. The molecule has 0 saturated heterocycles. The van der Waals surface area contributed by atoms with Gasteiger partial charge in [-0.2, -0.15) is 0 Å². The summed E-state index contributed by atoms with van der Waals surface area (Å²) in [7, 11) is 0. The van der Waals surface area contributed by atoms with Crippen molar-refractivity contribution in [3.8, 4) is 0 Å². The van der Waals surface area contributed by atoms with Crippen molar-refractivity contribution in [3.05, 3.63) is 0 Å². The van der Waals surface area contributed by atoms with Crippen LogP contribution in [-0.2, 0) is 0 Å². The van der Waals surface area contributed by atoms with Crippen molar-refractivity contribution in [2.24, 2.45) is 17.8 Å². The van der Waals surface area contributed by atoms with Crippen molar-refractivity contribution in [2.45, 2.75) is 91.4 Å². The average molecular weight is 238 g/mol. The maximum atomic E-state index is 2.47. The summed E-state index contributed by atoms with van der Waals surface area (Å²) in [5, 5.41) is 0. The highest BCUT2D eigenvalue weighted by atomic mass is 14.2. The summed E-state index contributed by atoms with van der Waals surface area (Å²) in [6.45, 7) is 7.20. The van der Waals surface area contributed by atoms with Gasteiger partial charge in [0.05, 0.1) is 0 Å². The lowest BCUT2D eigenvalue weighted by molar-refractivity contribution is 0.295. The number of hydrogen-bond donors (Lipinski definition) is 0. The maximum absolute atomic E-state index is 2.47. The van der Waals surface area contributed by atoms with Gasteiger partial charge in [-0.3, -0.25) is 0 Å². The zero-order chi connectivity index (χ0) is 12.5. The monoisotopic (exact) mass is 238 g/mol. The van der Waals surface area contributed by atoms with Crippen molar-refractivity contribution >= 4 is 0 Å². The summed E-state index contributed by atoms with van der Waals surface area (Å²) in [5.41, 5.74) is 0. The van der Waals surface area contributed by atoms with Gasteiger partial charge >= 0.3 is 0 Å². The van der Waals surface area contributed by atoms with E-state index in [2.05, 4.69) is 20.8 Å². The van der Waals surface area contributed by atoms with E-state index >= 15 is 0 Å². The standard InChI is InChI=1S/C17H34/c1-15(2)13-16(3)14-17-11-9-7-5-4-6-8-10-12-17/h15-17H,4-14H2,1-3H3. The largest absolute Gasteiger partial charge is 0.0628 e. The van der Waals surface area contributed by atoms with Crippen molar-refractivity contribution in [1.29, 1.82) is 0 Å². The molecule has 1 saturated carbocycles. The molecule has 1 aliphatic carbocycles. The van der Waals surface area contributed by atoms with Gasteiger partial charge < -0.3 is 0 Å². The molecule has 1 rings (SSSR count). The smallest absolute Gasteiger partial charge is 0.0412 e. The van der Waals surface area contributed by atoms with Gasteiger partial charge in [0, 0.05) is 0 Å². The van der Waals surface area contributed by atoms with Gasteiger partial charge in [-0.05, 0) is 30.6 Å². The Morgan fingerprint density at radius 2 is 1.24 bits per heavy atom. The molecule has 0 aromatic carbocycles. The second-order valence-corrected chi connectivity index (χ2v) is 6.89. The Bertz CT molecular complexity index is 161. The van der Waals surface area contributed by atoms with E-state index in [0.29, 0.717) is 0 Å². The first-order valence-electron chi connectivity index (χ1n) is 8.18. The molecule has 102 valence electrons. The number of rotatable bonds is 4. The second kappa shape index (κ2) is 9.00. The van der Waals surface area contributed by atoms with E-state index in [9.17, 15) is 0 Å². The zero-order valence-corrected chi connectivity index (χ0v) is 12.5. The molecule has 1 atom stereocenters. The molecule has 1 fully saturated rings. The van der Waals surface area contributed by atoms with Crippen molar-refractivity contribution < 1.29 is 0 Å². The molecule has 0 N–H and O–H groups in total. The van der Waals surface area contributed by atoms with Crippen LogP contribution in [0.15, 0.2) is 0 Å². The molecule has 0 amide bonds. The molecule has 0 aromatic rings. The third kappa shape index (κ3) is 7.84. The molecular weight excluding hydrogens is 204 g/mol. The van der Waals surface area contributed by atoms with Crippen LogP contribution in [-0.4, -0.2) is 0 Å². The Morgan fingerprint density at radius 3 is 1.71 bits per heavy atom. The van der Waals surface area contributed by atoms with Crippen LogP contribution < -0.4 is 0 Å². The van der Waals surface area contributed by atoms with Gasteiger partial charge in [0.1, 0.15) is 0 Å². The van der Waals surface area contributed by atoms with Crippen LogP contribution >= 0.6 is 0 Å². The Labute approximate surface area is 110 Å². The first-order chi connectivity index (χ1) is 8.18.